The Labute approximate surface area is 133 Å². The van der Waals surface area contributed by atoms with E-state index in [-0.39, 0.29) is 11.9 Å². The van der Waals surface area contributed by atoms with Crippen molar-refractivity contribution < 1.29 is 4.79 Å². The molecular formula is C13H23N5OS2. The zero-order valence-corrected chi connectivity index (χ0v) is 14.1. The maximum absolute atomic E-state index is 12.2. The molecule has 0 aliphatic carbocycles. The molecule has 1 aliphatic heterocycles. The third-order valence-corrected chi connectivity index (χ3v) is 5.44. The van der Waals surface area contributed by atoms with Gasteiger partial charge in [-0.3, -0.25) is 4.79 Å². The summed E-state index contributed by atoms with van der Waals surface area (Å²) in [5.74, 6) is 1.64. The molecule has 2 unspecified atom stereocenters. The van der Waals surface area contributed by atoms with E-state index in [0.717, 1.165) is 30.4 Å². The van der Waals surface area contributed by atoms with E-state index in [1.54, 1.807) is 11.8 Å². The second kappa shape index (κ2) is 7.33. The minimum Gasteiger partial charge on any atom is -0.382 e. The number of aromatic nitrogens is 1. The van der Waals surface area contributed by atoms with Gasteiger partial charge < -0.3 is 21.7 Å². The first-order chi connectivity index (χ1) is 10.0. The average Bonchev–Trinajstić information content (AvgIpc) is 3.02. The van der Waals surface area contributed by atoms with Crippen LogP contribution in [-0.2, 0) is 0 Å². The number of anilines is 2. The lowest BCUT2D eigenvalue weighted by Gasteiger charge is -2.13. The third kappa shape index (κ3) is 4.24. The van der Waals surface area contributed by atoms with Gasteiger partial charge in [0.05, 0.1) is 0 Å². The Morgan fingerprint density at radius 3 is 3.05 bits per heavy atom. The second-order valence-electron chi connectivity index (χ2n) is 5.48. The van der Waals surface area contributed by atoms with Crippen molar-refractivity contribution in [3.8, 4) is 0 Å². The van der Waals surface area contributed by atoms with Crippen LogP contribution in [0.4, 0.5) is 10.9 Å². The molecular weight excluding hydrogens is 306 g/mol. The lowest BCUT2D eigenvalue weighted by atomic mass is 10.2. The number of carbonyl (C=O) groups excluding carboxylic acids is 1. The summed E-state index contributed by atoms with van der Waals surface area (Å²) in [6.07, 6.45) is 3.01. The lowest BCUT2D eigenvalue weighted by Crippen LogP contribution is -2.29. The van der Waals surface area contributed by atoms with E-state index in [0.29, 0.717) is 23.2 Å². The molecule has 1 amide bonds. The lowest BCUT2D eigenvalue weighted by molar-refractivity contribution is 0.0954. The van der Waals surface area contributed by atoms with Crippen molar-refractivity contribution in [1.29, 1.82) is 0 Å². The van der Waals surface area contributed by atoms with E-state index in [9.17, 15) is 4.79 Å². The number of nitrogens with two attached hydrogens (primary N) is 2. The van der Waals surface area contributed by atoms with Crippen LogP contribution >= 0.6 is 23.1 Å². The number of thiazole rings is 1. The molecule has 0 spiro atoms. The van der Waals surface area contributed by atoms with Crippen LogP contribution < -0.4 is 21.7 Å². The standard InChI is InChI=1S/C13H23N5OS2/c1-8(7-20-2)5-16-12(19)10-11(15)17-13(21-10)18-4-3-9(14)6-18/h8-9H,3-7,14-15H2,1-2H3,(H,16,19). The molecule has 2 atom stereocenters. The van der Waals surface area contributed by atoms with Crippen molar-refractivity contribution in [3.63, 3.8) is 0 Å². The van der Waals surface area contributed by atoms with Crippen LogP contribution in [0.25, 0.3) is 0 Å². The van der Waals surface area contributed by atoms with Crippen molar-refractivity contribution in [2.75, 3.05) is 42.3 Å². The van der Waals surface area contributed by atoms with Gasteiger partial charge in [0.1, 0.15) is 10.7 Å². The van der Waals surface area contributed by atoms with Gasteiger partial charge in [0, 0.05) is 25.7 Å². The van der Waals surface area contributed by atoms with Crippen molar-refractivity contribution in [3.05, 3.63) is 4.88 Å². The fourth-order valence-corrected chi connectivity index (χ4v) is 3.89. The molecule has 0 bridgehead atoms. The molecule has 0 saturated carbocycles. The van der Waals surface area contributed by atoms with Gasteiger partial charge in [0.15, 0.2) is 5.13 Å². The quantitative estimate of drug-likeness (QED) is 0.720. The summed E-state index contributed by atoms with van der Waals surface area (Å²) in [6.45, 7) is 4.42. The Morgan fingerprint density at radius 2 is 2.43 bits per heavy atom. The normalized spacial score (nSPS) is 19.8. The molecule has 1 aromatic heterocycles. The number of nitrogen functional groups attached to an aromatic ring is 1. The highest BCUT2D eigenvalue weighted by molar-refractivity contribution is 7.98. The Bertz CT molecular complexity index is 493. The molecule has 21 heavy (non-hydrogen) atoms. The molecule has 5 N–H and O–H groups in total. The van der Waals surface area contributed by atoms with Gasteiger partial charge in [0.25, 0.3) is 5.91 Å². The van der Waals surface area contributed by atoms with Crippen molar-refractivity contribution in [2.24, 2.45) is 11.7 Å². The summed E-state index contributed by atoms with van der Waals surface area (Å²) in [5.41, 5.74) is 11.8. The largest absolute Gasteiger partial charge is 0.382 e. The van der Waals surface area contributed by atoms with Crippen LogP contribution in [0.1, 0.15) is 23.0 Å². The fraction of sp³-hybridized carbons (Fsp3) is 0.692. The summed E-state index contributed by atoms with van der Waals surface area (Å²) >= 11 is 3.13. The van der Waals surface area contributed by atoms with Gasteiger partial charge in [-0.2, -0.15) is 11.8 Å². The molecule has 8 heteroatoms. The number of hydrogen-bond acceptors (Lipinski definition) is 7. The van der Waals surface area contributed by atoms with Gasteiger partial charge in [-0.15, -0.1) is 0 Å². The summed E-state index contributed by atoms with van der Waals surface area (Å²) in [4.78, 5) is 19.1. The number of nitrogens with one attached hydrogen (secondary N) is 1. The first-order valence-electron chi connectivity index (χ1n) is 7.05. The van der Waals surface area contributed by atoms with Gasteiger partial charge >= 0.3 is 0 Å². The number of amides is 1. The van der Waals surface area contributed by atoms with Crippen LogP contribution in [0.2, 0.25) is 0 Å². The number of carbonyl (C=O) groups is 1. The smallest absolute Gasteiger partial charge is 0.265 e. The van der Waals surface area contributed by atoms with E-state index in [1.807, 2.05) is 0 Å². The van der Waals surface area contributed by atoms with E-state index in [4.69, 9.17) is 11.5 Å². The number of nitrogens with zero attached hydrogens (tertiary/aromatic N) is 2. The van der Waals surface area contributed by atoms with Crippen LogP contribution in [0.15, 0.2) is 0 Å². The number of rotatable bonds is 6. The highest BCUT2D eigenvalue weighted by Gasteiger charge is 2.24. The average molecular weight is 329 g/mol. The Morgan fingerprint density at radius 1 is 1.67 bits per heavy atom. The van der Waals surface area contributed by atoms with Crippen molar-refractivity contribution in [1.82, 2.24) is 10.3 Å². The highest BCUT2D eigenvalue weighted by atomic mass is 32.2. The maximum atomic E-state index is 12.2. The summed E-state index contributed by atoms with van der Waals surface area (Å²) in [7, 11) is 0. The van der Waals surface area contributed by atoms with E-state index < -0.39 is 0 Å². The highest BCUT2D eigenvalue weighted by Crippen LogP contribution is 2.30. The van der Waals surface area contributed by atoms with E-state index in [2.05, 4.69) is 28.4 Å². The van der Waals surface area contributed by atoms with Gasteiger partial charge in [0.2, 0.25) is 0 Å². The molecule has 2 heterocycles. The van der Waals surface area contributed by atoms with Gasteiger partial charge in [-0.05, 0) is 24.3 Å². The first kappa shape index (κ1) is 16.4. The molecule has 1 fully saturated rings. The molecule has 0 radical (unpaired) electrons. The van der Waals surface area contributed by atoms with Crippen LogP contribution in [0, 0.1) is 5.92 Å². The fourth-order valence-electron chi connectivity index (χ4n) is 2.27. The molecule has 1 aromatic rings. The zero-order valence-electron chi connectivity index (χ0n) is 12.5. The van der Waals surface area contributed by atoms with Crippen LogP contribution in [0.5, 0.6) is 0 Å². The monoisotopic (exact) mass is 329 g/mol. The molecule has 1 saturated heterocycles. The molecule has 1 aliphatic rings. The van der Waals surface area contributed by atoms with Crippen molar-refractivity contribution in [2.45, 2.75) is 19.4 Å². The van der Waals surface area contributed by atoms with Crippen LogP contribution in [0.3, 0.4) is 0 Å². The topological polar surface area (TPSA) is 97.3 Å². The molecule has 6 nitrogen and oxygen atoms in total. The Balaban J connectivity index is 1.96. The van der Waals surface area contributed by atoms with E-state index in [1.165, 1.54) is 11.3 Å². The van der Waals surface area contributed by atoms with Crippen LogP contribution in [-0.4, -0.2) is 48.6 Å². The zero-order chi connectivity index (χ0) is 15.4. The SMILES string of the molecule is CSCC(C)CNC(=O)c1sc(N2CCC(N)C2)nc1N. The predicted molar refractivity (Wildman–Crippen MR) is 91.2 cm³/mol. The Hall–Kier alpha value is -0.990. The second-order valence-corrected chi connectivity index (χ2v) is 7.36. The first-order valence-corrected chi connectivity index (χ1v) is 9.26. The minimum absolute atomic E-state index is 0.132. The van der Waals surface area contributed by atoms with Crippen molar-refractivity contribution >= 4 is 40.0 Å². The third-order valence-electron chi connectivity index (χ3n) is 3.41. The maximum Gasteiger partial charge on any atom is 0.265 e. The molecule has 0 aromatic carbocycles. The van der Waals surface area contributed by atoms with Gasteiger partial charge in [-0.25, -0.2) is 4.98 Å². The summed E-state index contributed by atoms with van der Waals surface area (Å²) in [5, 5.41) is 3.73. The van der Waals surface area contributed by atoms with Gasteiger partial charge in [-0.1, -0.05) is 18.3 Å². The minimum atomic E-state index is -0.132. The molecule has 2 rings (SSSR count). The molecule has 118 valence electrons. The summed E-state index contributed by atoms with van der Waals surface area (Å²) in [6, 6.07) is 0.180. The number of hydrogen-bond donors (Lipinski definition) is 3. The van der Waals surface area contributed by atoms with E-state index >= 15 is 0 Å². The summed E-state index contributed by atoms with van der Waals surface area (Å²) < 4.78 is 0. The predicted octanol–water partition coefficient (Wildman–Crippen LogP) is 0.992. The Kier molecular flexibility index (Phi) is 5.72. The number of thioether (sulfide) groups is 1.